The van der Waals surface area contributed by atoms with Crippen molar-refractivity contribution in [3.63, 3.8) is 0 Å². The highest BCUT2D eigenvalue weighted by molar-refractivity contribution is 7.15. The number of imide groups is 1. The Bertz CT molecular complexity index is 1110. The molecule has 3 amide bonds. The van der Waals surface area contributed by atoms with Crippen LogP contribution in [0.25, 0.3) is 0 Å². The normalized spacial score (nSPS) is 14.1. The first-order chi connectivity index (χ1) is 14.0. The lowest BCUT2D eigenvalue weighted by Gasteiger charge is -2.22. The second kappa shape index (κ2) is 7.56. The summed E-state index contributed by atoms with van der Waals surface area (Å²) in [5, 5.41) is 11.8. The second-order valence-electron chi connectivity index (χ2n) is 6.64. The molecule has 1 aliphatic rings. The van der Waals surface area contributed by atoms with Crippen LogP contribution in [0, 0.1) is 0 Å². The van der Waals surface area contributed by atoms with E-state index in [0.29, 0.717) is 10.7 Å². The number of aryl methyl sites for hydroxylation is 1. The summed E-state index contributed by atoms with van der Waals surface area (Å²) < 4.78 is 0. The van der Waals surface area contributed by atoms with Gasteiger partial charge in [-0.15, -0.1) is 10.2 Å². The summed E-state index contributed by atoms with van der Waals surface area (Å²) in [6, 6.07) is 13.5. The smallest absolute Gasteiger partial charge is 0.262 e. The monoisotopic (exact) mass is 406 g/mol. The van der Waals surface area contributed by atoms with Crippen molar-refractivity contribution in [1.82, 2.24) is 15.1 Å². The summed E-state index contributed by atoms with van der Waals surface area (Å²) in [4.78, 5) is 39.6. The minimum absolute atomic E-state index is 0.233. The van der Waals surface area contributed by atoms with E-state index in [-0.39, 0.29) is 17.0 Å². The van der Waals surface area contributed by atoms with Gasteiger partial charge in [-0.25, -0.2) is 0 Å². The first-order valence-corrected chi connectivity index (χ1v) is 10.0. The molecule has 1 aromatic heterocycles. The van der Waals surface area contributed by atoms with E-state index >= 15 is 0 Å². The lowest BCUT2D eigenvalue weighted by Crippen LogP contribution is -2.32. The Hall–Kier alpha value is -3.39. The summed E-state index contributed by atoms with van der Waals surface area (Å²) in [5.74, 6) is -1.16. The van der Waals surface area contributed by atoms with E-state index in [1.807, 2.05) is 44.2 Å². The van der Waals surface area contributed by atoms with Gasteiger partial charge < -0.3 is 0 Å². The molecular formula is C21H18N4O3S. The molecule has 7 nitrogen and oxygen atoms in total. The third-order valence-electron chi connectivity index (χ3n) is 4.84. The molecule has 0 saturated carbocycles. The number of benzene rings is 2. The zero-order valence-electron chi connectivity index (χ0n) is 15.9. The van der Waals surface area contributed by atoms with Gasteiger partial charge in [0.25, 0.3) is 17.7 Å². The molecule has 0 radical (unpaired) electrons. The maximum absolute atomic E-state index is 13.0. The zero-order valence-corrected chi connectivity index (χ0v) is 16.7. The highest BCUT2D eigenvalue weighted by Gasteiger charge is 2.39. The highest BCUT2D eigenvalue weighted by atomic mass is 32.1. The van der Waals surface area contributed by atoms with Crippen molar-refractivity contribution in [1.29, 1.82) is 0 Å². The van der Waals surface area contributed by atoms with Gasteiger partial charge in [-0.05, 0) is 37.1 Å². The number of hydrogen-bond donors (Lipinski definition) is 1. The Labute approximate surface area is 171 Å². The fourth-order valence-corrected chi connectivity index (χ4v) is 3.92. The summed E-state index contributed by atoms with van der Waals surface area (Å²) in [6.07, 6.45) is 0.735. The van der Waals surface area contributed by atoms with Crippen molar-refractivity contribution >= 4 is 34.2 Å². The van der Waals surface area contributed by atoms with Crippen LogP contribution in [0.3, 0.4) is 0 Å². The Morgan fingerprint density at radius 3 is 2.48 bits per heavy atom. The van der Waals surface area contributed by atoms with E-state index in [4.69, 9.17) is 0 Å². The third kappa shape index (κ3) is 3.42. The van der Waals surface area contributed by atoms with Gasteiger partial charge in [0.15, 0.2) is 0 Å². The number of carbonyl (C=O) groups is 3. The summed E-state index contributed by atoms with van der Waals surface area (Å²) >= 11 is 1.30. The van der Waals surface area contributed by atoms with Crippen molar-refractivity contribution in [3.8, 4) is 0 Å². The quantitative estimate of drug-likeness (QED) is 0.652. The summed E-state index contributed by atoms with van der Waals surface area (Å²) in [7, 11) is 0. The van der Waals surface area contributed by atoms with Gasteiger partial charge >= 0.3 is 0 Å². The Morgan fingerprint density at radius 1 is 1.07 bits per heavy atom. The van der Waals surface area contributed by atoms with Crippen LogP contribution in [-0.2, 0) is 6.42 Å². The average Bonchev–Trinajstić information content (AvgIpc) is 3.30. The number of aromatic nitrogens is 2. The van der Waals surface area contributed by atoms with E-state index in [1.54, 1.807) is 0 Å². The molecule has 0 fully saturated rings. The van der Waals surface area contributed by atoms with Crippen molar-refractivity contribution < 1.29 is 14.4 Å². The standard InChI is InChI=1S/C21H18N4O3S/c1-3-17-23-24-21(29-17)22-18(26)14-9-10-15-16(11-14)20(28)25(19(15)27)12(2)13-7-5-4-6-8-13/h4-12H,3H2,1-2H3,(H,22,24,26)/t12-/m0/s1. The predicted molar refractivity (Wildman–Crippen MR) is 109 cm³/mol. The molecule has 2 aromatic carbocycles. The van der Waals surface area contributed by atoms with Crippen LogP contribution in [0.15, 0.2) is 48.5 Å². The van der Waals surface area contributed by atoms with Gasteiger partial charge in [0.2, 0.25) is 5.13 Å². The lowest BCUT2D eigenvalue weighted by atomic mass is 10.1. The second-order valence-corrected chi connectivity index (χ2v) is 7.70. The molecule has 3 aromatic rings. The number of anilines is 1. The van der Waals surface area contributed by atoms with Crippen molar-refractivity contribution in [2.24, 2.45) is 0 Å². The molecule has 0 spiro atoms. The van der Waals surface area contributed by atoms with Gasteiger partial charge in [0.1, 0.15) is 5.01 Å². The van der Waals surface area contributed by atoms with Gasteiger partial charge in [-0.1, -0.05) is 48.6 Å². The molecule has 8 heteroatoms. The molecule has 0 unspecified atom stereocenters. The number of rotatable bonds is 5. The van der Waals surface area contributed by atoms with Gasteiger partial charge in [-0.2, -0.15) is 0 Å². The summed E-state index contributed by atoms with van der Waals surface area (Å²) in [5.41, 5.74) is 1.69. The number of nitrogens with one attached hydrogen (secondary N) is 1. The number of amides is 3. The van der Waals surface area contributed by atoms with Crippen molar-refractivity contribution in [2.45, 2.75) is 26.3 Å². The third-order valence-corrected chi connectivity index (χ3v) is 5.82. The first-order valence-electron chi connectivity index (χ1n) is 9.20. The van der Waals surface area contributed by atoms with Crippen LogP contribution in [0.2, 0.25) is 0 Å². The molecule has 0 aliphatic carbocycles. The van der Waals surface area contributed by atoms with Crippen LogP contribution in [0.4, 0.5) is 5.13 Å². The average molecular weight is 406 g/mol. The molecule has 0 saturated heterocycles. The maximum Gasteiger partial charge on any atom is 0.262 e. The Balaban J connectivity index is 1.59. The molecule has 1 N–H and O–H groups in total. The van der Waals surface area contributed by atoms with E-state index < -0.39 is 17.9 Å². The lowest BCUT2D eigenvalue weighted by molar-refractivity contribution is 0.0595. The summed E-state index contributed by atoms with van der Waals surface area (Å²) in [6.45, 7) is 3.77. The molecule has 146 valence electrons. The Morgan fingerprint density at radius 2 is 1.79 bits per heavy atom. The van der Waals surface area contributed by atoms with Gasteiger partial charge in [0, 0.05) is 5.56 Å². The zero-order chi connectivity index (χ0) is 20.5. The maximum atomic E-state index is 13.0. The fourth-order valence-electron chi connectivity index (χ4n) is 3.25. The van der Waals surface area contributed by atoms with E-state index in [9.17, 15) is 14.4 Å². The molecule has 2 heterocycles. The van der Waals surface area contributed by atoms with E-state index in [2.05, 4.69) is 15.5 Å². The number of hydrogen-bond acceptors (Lipinski definition) is 6. The molecule has 1 atom stereocenters. The molecule has 29 heavy (non-hydrogen) atoms. The largest absolute Gasteiger partial charge is 0.296 e. The van der Waals surface area contributed by atoms with Crippen LogP contribution in [0.1, 0.15) is 61.5 Å². The van der Waals surface area contributed by atoms with Crippen molar-refractivity contribution in [3.05, 3.63) is 75.8 Å². The Kier molecular flexibility index (Phi) is 4.94. The SMILES string of the molecule is CCc1nnc(NC(=O)c2ccc3c(c2)C(=O)N([C@@H](C)c2ccccc2)C3=O)s1. The number of carbonyl (C=O) groups excluding carboxylic acids is 3. The van der Waals surface area contributed by atoms with Gasteiger partial charge in [-0.3, -0.25) is 24.6 Å². The number of nitrogens with zero attached hydrogens (tertiary/aromatic N) is 3. The van der Waals surface area contributed by atoms with Crippen LogP contribution in [0.5, 0.6) is 0 Å². The topological polar surface area (TPSA) is 92.3 Å². The highest BCUT2D eigenvalue weighted by Crippen LogP contribution is 2.32. The van der Waals surface area contributed by atoms with E-state index in [0.717, 1.165) is 17.0 Å². The molecule has 1 aliphatic heterocycles. The predicted octanol–water partition coefficient (Wildman–Crippen LogP) is 3.71. The number of fused-ring (bicyclic) bond motifs is 1. The first kappa shape index (κ1) is 18.9. The molecule has 4 rings (SSSR count). The van der Waals surface area contributed by atoms with Crippen molar-refractivity contribution in [2.75, 3.05) is 5.32 Å². The van der Waals surface area contributed by atoms with E-state index in [1.165, 1.54) is 34.4 Å². The van der Waals surface area contributed by atoms with Crippen LogP contribution in [-0.4, -0.2) is 32.8 Å². The fraction of sp³-hybridized carbons (Fsp3) is 0.190. The van der Waals surface area contributed by atoms with Crippen LogP contribution < -0.4 is 5.32 Å². The van der Waals surface area contributed by atoms with Crippen LogP contribution >= 0.6 is 11.3 Å². The molecule has 0 bridgehead atoms. The minimum Gasteiger partial charge on any atom is -0.296 e. The molecular weight excluding hydrogens is 388 g/mol. The van der Waals surface area contributed by atoms with Gasteiger partial charge in [0.05, 0.1) is 17.2 Å². The minimum atomic E-state index is -0.408.